The fourth-order valence-electron chi connectivity index (χ4n) is 5.09. The Morgan fingerprint density at radius 3 is 2.43 bits per heavy atom. The van der Waals surface area contributed by atoms with E-state index in [0.717, 1.165) is 47.0 Å². The zero-order valence-corrected chi connectivity index (χ0v) is 17.4. The molecule has 2 atom stereocenters. The second-order valence-electron chi connectivity index (χ2n) is 9.08. The van der Waals surface area contributed by atoms with E-state index in [4.69, 9.17) is 5.73 Å². The summed E-state index contributed by atoms with van der Waals surface area (Å²) in [4.78, 5) is 3.45. The molecule has 1 aliphatic carbocycles. The molecule has 0 bridgehead atoms. The summed E-state index contributed by atoms with van der Waals surface area (Å²) < 4.78 is 41.9. The van der Waals surface area contributed by atoms with Crippen LogP contribution in [0.5, 0.6) is 5.75 Å². The van der Waals surface area contributed by atoms with E-state index in [2.05, 4.69) is 35.7 Å². The van der Waals surface area contributed by atoms with Crippen LogP contribution in [0, 0.1) is 12.3 Å². The standard InChI is InChI=1S/C24H27F3N2O/c1-15-19-13-18(30-24(25,26)27)9-10-20(19)29-21(15)16-11-12-23(28,22(2,3)14-16)17-7-5-4-6-8-17/h4-10,13,16,29H,11-12,14,28H2,1-3H3. The number of aryl methyl sites for hydroxylation is 1. The van der Waals surface area contributed by atoms with Gasteiger partial charge < -0.3 is 15.5 Å². The number of aromatic amines is 1. The minimum Gasteiger partial charge on any atom is -0.406 e. The summed E-state index contributed by atoms with van der Waals surface area (Å²) in [6.07, 6.45) is -2.06. The van der Waals surface area contributed by atoms with Gasteiger partial charge >= 0.3 is 6.36 Å². The third-order valence-electron chi connectivity index (χ3n) is 6.85. The minimum atomic E-state index is -4.70. The summed E-state index contributed by atoms with van der Waals surface area (Å²) in [6, 6.07) is 14.7. The average Bonchev–Trinajstić information content (AvgIpc) is 3.00. The Kier molecular flexibility index (Phi) is 4.88. The fourth-order valence-corrected chi connectivity index (χ4v) is 5.09. The molecular weight excluding hydrogens is 389 g/mol. The van der Waals surface area contributed by atoms with E-state index in [9.17, 15) is 13.2 Å². The van der Waals surface area contributed by atoms with Crippen LogP contribution in [0.25, 0.3) is 10.9 Å². The molecule has 2 unspecified atom stereocenters. The normalized spacial score (nSPS) is 24.2. The lowest BCUT2D eigenvalue weighted by molar-refractivity contribution is -0.274. The Labute approximate surface area is 174 Å². The smallest absolute Gasteiger partial charge is 0.406 e. The van der Waals surface area contributed by atoms with E-state index in [-0.39, 0.29) is 17.1 Å². The Morgan fingerprint density at radius 1 is 1.10 bits per heavy atom. The third kappa shape index (κ3) is 3.58. The van der Waals surface area contributed by atoms with Gasteiger partial charge in [0, 0.05) is 22.1 Å². The van der Waals surface area contributed by atoms with Gasteiger partial charge in [-0.2, -0.15) is 0 Å². The number of nitrogens with one attached hydrogen (secondary N) is 1. The molecular formula is C24H27F3N2O. The van der Waals surface area contributed by atoms with E-state index in [1.54, 1.807) is 6.07 Å². The van der Waals surface area contributed by atoms with Gasteiger partial charge in [-0.15, -0.1) is 13.2 Å². The van der Waals surface area contributed by atoms with Gasteiger partial charge in [0.1, 0.15) is 5.75 Å². The lowest BCUT2D eigenvalue weighted by Gasteiger charge is -2.50. The van der Waals surface area contributed by atoms with Crippen LogP contribution in [0.3, 0.4) is 0 Å². The van der Waals surface area contributed by atoms with E-state index in [0.29, 0.717) is 0 Å². The number of ether oxygens (including phenoxy) is 1. The van der Waals surface area contributed by atoms with Gasteiger partial charge in [-0.25, -0.2) is 0 Å². The molecule has 1 saturated carbocycles. The summed E-state index contributed by atoms with van der Waals surface area (Å²) in [6.45, 7) is 6.37. The van der Waals surface area contributed by atoms with Crippen molar-refractivity contribution >= 4 is 10.9 Å². The Bertz CT molecular complexity index is 1060. The molecule has 0 saturated heterocycles. The number of fused-ring (bicyclic) bond motifs is 1. The van der Waals surface area contributed by atoms with Crippen molar-refractivity contribution in [2.24, 2.45) is 11.1 Å². The third-order valence-corrected chi connectivity index (χ3v) is 6.85. The minimum absolute atomic E-state index is 0.147. The maximum atomic E-state index is 12.6. The van der Waals surface area contributed by atoms with Crippen LogP contribution in [-0.2, 0) is 5.54 Å². The number of H-pyrrole nitrogens is 1. The number of aromatic nitrogens is 1. The highest BCUT2D eigenvalue weighted by molar-refractivity contribution is 5.86. The van der Waals surface area contributed by atoms with E-state index >= 15 is 0 Å². The predicted octanol–water partition coefficient (Wildman–Crippen LogP) is 6.52. The summed E-state index contributed by atoms with van der Waals surface area (Å²) in [5.74, 6) is 0.0671. The molecule has 3 N–H and O–H groups in total. The number of rotatable bonds is 3. The Hall–Kier alpha value is -2.47. The molecule has 30 heavy (non-hydrogen) atoms. The van der Waals surface area contributed by atoms with Crippen molar-refractivity contribution in [3.8, 4) is 5.75 Å². The molecule has 1 fully saturated rings. The van der Waals surface area contributed by atoms with Crippen LogP contribution < -0.4 is 10.5 Å². The molecule has 0 radical (unpaired) electrons. The highest BCUT2D eigenvalue weighted by Gasteiger charge is 2.48. The first-order valence-electron chi connectivity index (χ1n) is 10.2. The monoisotopic (exact) mass is 416 g/mol. The van der Waals surface area contributed by atoms with E-state index in [1.807, 2.05) is 25.1 Å². The van der Waals surface area contributed by atoms with E-state index in [1.165, 1.54) is 12.1 Å². The van der Waals surface area contributed by atoms with Crippen molar-refractivity contribution in [1.82, 2.24) is 4.98 Å². The van der Waals surface area contributed by atoms with E-state index < -0.39 is 11.9 Å². The van der Waals surface area contributed by atoms with Crippen LogP contribution in [0.2, 0.25) is 0 Å². The Balaban J connectivity index is 1.65. The van der Waals surface area contributed by atoms with Crippen LogP contribution in [-0.4, -0.2) is 11.3 Å². The molecule has 0 spiro atoms. The van der Waals surface area contributed by atoms with Crippen molar-refractivity contribution in [2.75, 3.05) is 0 Å². The summed E-state index contributed by atoms with van der Waals surface area (Å²) in [5.41, 5.74) is 10.4. The van der Waals surface area contributed by atoms with Gasteiger partial charge in [-0.05, 0) is 66.8 Å². The van der Waals surface area contributed by atoms with Gasteiger partial charge in [-0.3, -0.25) is 0 Å². The first-order valence-corrected chi connectivity index (χ1v) is 10.2. The lowest BCUT2D eigenvalue weighted by Crippen LogP contribution is -2.53. The van der Waals surface area contributed by atoms with Gasteiger partial charge in [0.25, 0.3) is 0 Å². The SMILES string of the molecule is Cc1c(C2CCC(N)(c3ccccc3)C(C)(C)C2)[nH]c2ccc(OC(F)(F)F)cc12. The van der Waals surface area contributed by atoms with Crippen molar-refractivity contribution in [2.45, 2.75) is 57.9 Å². The molecule has 4 rings (SSSR count). The molecule has 2 aromatic carbocycles. The topological polar surface area (TPSA) is 51.0 Å². The number of halogens is 3. The quantitative estimate of drug-likeness (QED) is 0.510. The van der Waals surface area contributed by atoms with Gasteiger partial charge in [0.2, 0.25) is 0 Å². The molecule has 160 valence electrons. The number of nitrogens with two attached hydrogens (primary N) is 1. The molecule has 0 amide bonds. The number of hydrogen-bond donors (Lipinski definition) is 2. The lowest BCUT2D eigenvalue weighted by atomic mass is 9.57. The van der Waals surface area contributed by atoms with Gasteiger partial charge in [0.15, 0.2) is 0 Å². The zero-order valence-electron chi connectivity index (χ0n) is 17.4. The zero-order chi connectivity index (χ0) is 21.7. The summed E-state index contributed by atoms with van der Waals surface area (Å²) in [5, 5.41) is 0.761. The molecule has 1 aromatic heterocycles. The molecule has 1 aliphatic rings. The summed E-state index contributed by atoms with van der Waals surface area (Å²) in [7, 11) is 0. The molecule has 3 nitrogen and oxygen atoms in total. The fraction of sp³-hybridized carbons (Fsp3) is 0.417. The molecule has 1 heterocycles. The largest absolute Gasteiger partial charge is 0.573 e. The number of hydrogen-bond acceptors (Lipinski definition) is 2. The number of benzene rings is 2. The predicted molar refractivity (Wildman–Crippen MR) is 112 cm³/mol. The van der Waals surface area contributed by atoms with Crippen LogP contribution in [0.1, 0.15) is 55.8 Å². The molecule has 0 aliphatic heterocycles. The van der Waals surface area contributed by atoms with Crippen molar-refractivity contribution in [1.29, 1.82) is 0 Å². The highest BCUT2D eigenvalue weighted by Crippen LogP contribution is 2.53. The summed E-state index contributed by atoms with van der Waals surface area (Å²) >= 11 is 0. The first kappa shape index (κ1) is 20.8. The first-order chi connectivity index (χ1) is 14.0. The second kappa shape index (κ2) is 7.05. The van der Waals surface area contributed by atoms with Crippen molar-refractivity contribution in [3.05, 3.63) is 65.4 Å². The molecule has 6 heteroatoms. The maximum absolute atomic E-state index is 12.6. The van der Waals surface area contributed by atoms with Gasteiger partial charge in [0.05, 0.1) is 0 Å². The van der Waals surface area contributed by atoms with Crippen LogP contribution in [0.15, 0.2) is 48.5 Å². The second-order valence-corrected chi connectivity index (χ2v) is 9.08. The van der Waals surface area contributed by atoms with Gasteiger partial charge in [-0.1, -0.05) is 44.2 Å². The van der Waals surface area contributed by atoms with Crippen molar-refractivity contribution < 1.29 is 17.9 Å². The Morgan fingerprint density at radius 2 is 1.80 bits per heavy atom. The maximum Gasteiger partial charge on any atom is 0.573 e. The van der Waals surface area contributed by atoms with Crippen molar-refractivity contribution in [3.63, 3.8) is 0 Å². The average molecular weight is 416 g/mol. The number of alkyl halides is 3. The van der Waals surface area contributed by atoms with Crippen LogP contribution >= 0.6 is 0 Å². The highest BCUT2D eigenvalue weighted by atomic mass is 19.4. The molecule has 3 aromatic rings. The van der Waals surface area contributed by atoms with Crippen LogP contribution in [0.4, 0.5) is 13.2 Å².